The summed E-state index contributed by atoms with van der Waals surface area (Å²) in [6.45, 7) is 28.8. The van der Waals surface area contributed by atoms with Crippen molar-refractivity contribution in [1.29, 1.82) is 0 Å². The summed E-state index contributed by atoms with van der Waals surface area (Å²) in [5.41, 5.74) is 0.102. The van der Waals surface area contributed by atoms with Gasteiger partial charge >= 0.3 is 31.7 Å². The molecule has 0 heterocycles. The average molecular weight is 497 g/mol. The quantitative estimate of drug-likeness (QED) is 0.248. The molecule has 0 aliphatic heterocycles. The lowest BCUT2D eigenvalue weighted by Crippen LogP contribution is -2.59. The van der Waals surface area contributed by atoms with Crippen molar-refractivity contribution >= 4 is 48.3 Å². The number of rotatable bonds is 13. The van der Waals surface area contributed by atoms with Crippen molar-refractivity contribution in [3.63, 3.8) is 0 Å². The normalized spacial score (nSPS) is 15.3. The van der Waals surface area contributed by atoms with Crippen molar-refractivity contribution in [3.05, 3.63) is 12.2 Å². The Balaban J connectivity index is 5.41. The average Bonchev–Trinajstić information content (AvgIpc) is 2.36. The minimum atomic E-state index is -2.56. The van der Waals surface area contributed by atoms with E-state index in [0.717, 1.165) is 12.8 Å². The first-order valence-corrected chi connectivity index (χ1v) is 25.2. The van der Waals surface area contributed by atoms with Crippen LogP contribution in [0.3, 0.4) is 0 Å². The van der Waals surface area contributed by atoms with Gasteiger partial charge < -0.3 is 21.6 Å². The Morgan fingerprint density at radius 2 is 1.17 bits per heavy atom. The summed E-state index contributed by atoms with van der Waals surface area (Å²) in [7, 11) is -11.5. The predicted octanol–water partition coefficient (Wildman–Crippen LogP) is 6.01. The van der Waals surface area contributed by atoms with Gasteiger partial charge in [0.2, 0.25) is 0 Å². The van der Waals surface area contributed by atoms with Crippen LogP contribution in [0.15, 0.2) is 12.2 Å². The third kappa shape index (κ3) is 11.4. The number of aliphatic carboxylic acids is 1. The highest BCUT2D eigenvalue weighted by molar-refractivity contribution is 6.90. The molecule has 29 heavy (non-hydrogen) atoms. The molecule has 11 heteroatoms. The lowest BCUT2D eigenvalue weighted by atomic mass is 10.1. The van der Waals surface area contributed by atoms with E-state index in [9.17, 15) is 9.90 Å². The highest BCUT2D eigenvalue weighted by Gasteiger charge is 2.47. The van der Waals surface area contributed by atoms with Gasteiger partial charge in [-0.15, -0.1) is 0 Å². The van der Waals surface area contributed by atoms with Crippen LogP contribution in [0.4, 0.5) is 0 Å². The van der Waals surface area contributed by atoms with E-state index >= 15 is 0 Å². The Labute approximate surface area is 184 Å². The van der Waals surface area contributed by atoms with Gasteiger partial charge in [-0.2, -0.15) is 0 Å². The maximum atomic E-state index is 11.6. The van der Waals surface area contributed by atoms with Crippen LogP contribution in [-0.2, 0) is 21.3 Å². The van der Waals surface area contributed by atoms with E-state index in [0.29, 0.717) is 0 Å². The molecule has 0 fully saturated rings. The zero-order valence-electron chi connectivity index (χ0n) is 20.7. The third-order valence-electron chi connectivity index (χ3n) is 4.16. The molecule has 1 unspecified atom stereocenters. The van der Waals surface area contributed by atoms with Crippen LogP contribution in [0.5, 0.6) is 0 Å². The Morgan fingerprint density at radius 1 is 0.793 bits per heavy atom. The second-order valence-electron chi connectivity index (χ2n) is 10.5. The summed E-state index contributed by atoms with van der Waals surface area (Å²) in [4.78, 5) is 11.6. The number of carboxylic acids is 1. The molecule has 1 N–H and O–H groups in total. The van der Waals surface area contributed by atoms with Crippen molar-refractivity contribution < 1.29 is 26.4 Å². The third-order valence-corrected chi connectivity index (χ3v) is 22.8. The van der Waals surface area contributed by atoms with Crippen molar-refractivity contribution in [2.75, 3.05) is 0 Å². The van der Waals surface area contributed by atoms with Crippen LogP contribution in [-0.4, -0.2) is 53.4 Å². The molecule has 0 saturated carbocycles. The maximum absolute atomic E-state index is 11.6. The molecule has 0 saturated heterocycles. The molecule has 0 aliphatic rings. The molecule has 0 spiro atoms. The highest BCUT2D eigenvalue weighted by Crippen LogP contribution is 2.37. The van der Waals surface area contributed by atoms with Gasteiger partial charge in [0.05, 0.1) is 0 Å². The fourth-order valence-corrected chi connectivity index (χ4v) is 28.6. The largest absolute Gasteiger partial charge is 0.478 e. The molecule has 0 aromatic rings. The summed E-state index contributed by atoms with van der Waals surface area (Å²) in [5.74, 6) is -0.942. The standard InChI is InChI=1S/C18H44O6Si5/c1-14-15-17(16(2)18(19)20)26(6,7)22-28(10,11)24-29(12,13)23-27(8,9)21-25(3,4)5/h17H,2,14-15H2,1,3-13H3,(H,19,20). The second kappa shape index (κ2) is 10.2. The first-order valence-electron chi connectivity index (χ1n) is 10.4. The zero-order valence-corrected chi connectivity index (χ0v) is 25.7. The predicted molar refractivity (Wildman–Crippen MR) is 133 cm³/mol. The van der Waals surface area contributed by atoms with E-state index in [1.54, 1.807) is 0 Å². The highest BCUT2D eigenvalue weighted by atomic mass is 28.5. The van der Waals surface area contributed by atoms with Gasteiger partial charge in [0.1, 0.15) is 0 Å². The van der Waals surface area contributed by atoms with Gasteiger partial charge in [0.25, 0.3) is 0 Å². The van der Waals surface area contributed by atoms with Crippen LogP contribution >= 0.6 is 0 Å². The van der Waals surface area contributed by atoms with E-state index < -0.39 is 48.3 Å². The molecule has 1 atom stereocenters. The summed E-state index contributed by atoms with van der Waals surface area (Å²) >= 11 is 0. The molecule has 0 radical (unpaired) electrons. The Bertz CT molecular complexity index is 584. The molecular formula is C18H44O6Si5. The number of carbonyl (C=O) groups is 1. The number of carboxylic acid groups (broad SMARTS) is 1. The fourth-order valence-electron chi connectivity index (χ4n) is 4.07. The molecular weight excluding hydrogens is 453 g/mol. The van der Waals surface area contributed by atoms with E-state index in [4.69, 9.17) is 16.5 Å². The van der Waals surface area contributed by atoms with Gasteiger partial charge in [-0.25, -0.2) is 4.79 Å². The smallest absolute Gasteiger partial charge is 0.331 e. The topological polar surface area (TPSA) is 74.2 Å². The number of hydrogen-bond acceptors (Lipinski definition) is 5. The van der Waals surface area contributed by atoms with Crippen LogP contribution in [0.25, 0.3) is 0 Å². The molecule has 0 aliphatic carbocycles. The molecule has 0 amide bonds. The van der Waals surface area contributed by atoms with Gasteiger partial charge in [-0.3, -0.25) is 0 Å². The number of hydrogen-bond donors (Lipinski definition) is 1. The SMILES string of the molecule is C=C(C(=O)O)C(CCC)[Si](C)(C)O[Si](C)(C)O[Si](C)(C)O[Si](C)(C)O[Si](C)(C)C. The van der Waals surface area contributed by atoms with E-state index in [1.807, 2.05) is 26.2 Å². The second-order valence-corrected chi connectivity index (χ2v) is 30.3. The van der Waals surface area contributed by atoms with Crippen molar-refractivity contribution in [2.45, 2.75) is 97.3 Å². The maximum Gasteiger partial charge on any atom is 0.331 e. The first-order chi connectivity index (χ1) is 12.6. The van der Waals surface area contributed by atoms with E-state index in [1.165, 1.54) is 0 Å². The van der Waals surface area contributed by atoms with Crippen LogP contribution in [0.1, 0.15) is 19.8 Å². The molecule has 0 rings (SSSR count). The minimum absolute atomic E-state index is 0.146. The summed E-state index contributed by atoms with van der Waals surface area (Å²) in [5, 5.41) is 9.48. The van der Waals surface area contributed by atoms with Crippen LogP contribution in [0, 0.1) is 0 Å². The van der Waals surface area contributed by atoms with Crippen molar-refractivity contribution in [3.8, 4) is 0 Å². The fraction of sp³-hybridized carbons (Fsp3) is 0.833. The van der Waals surface area contributed by atoms with Crippen molar-refractivity contribution in [2.24, 2.45) is 0 Å². The summed E-state index contributed by atoms with van der Waals surface area (Å²) < 4.78 is 26.0. The molecule has 0 aromatic carbocycles. The lowest BCUT2D eigenvalue weighted by molar-refractivity contribution is -0.132. The Kier molecular flexibility index (Phi) is 10.2. The molecule has 6 nitrogen and oxygen atoms in total. The first kappa shape index (κ1) is 29.1. The zero-order chi connectivity index (χ0) is 23.5. The van der Waals surface area contributed by atoms with Gasteiger partial charge in [0, 0.05) is 11.1 Å². The van der Waals surface area contributed by atoms with E-state index in [-0.39, 0.29) is 11.1 Å². The molecule has 0 aromatic heterocycles. The lowest BCUT2D eigenvalue weighted by Gasteiger charge is -2.43. The molecule has 0 bridgehead atoms. The van der Waals surface area contributed by atoms with Gasteiger partial charge in [-0.1, -0.05) is 19.9 Å². The van der Waals surface area contributed by atoms with Crippen molar-refractivity contribution in [1.82, 2.24) is 0 Å². The Hall–Kier alpha value is 0.134. The Morgan fingerprint density at radius 3 is 1.52 bits per heavy atom. The van der Waals surface area contributed by atoms with Gasteiger partial charge in [0.15, 0.2) is 16.6 Å². The van der Waals surface area contributed by atoms with E-state index in [2.05, 4.69) is 59.3 Å². The summed E-state index contributed by atoms with van der Waals surface area (Å²) in [6, 6.07) is 0. The van der Waals surface area contributed by atoms with Crippen LogP contribution in [0.2, 0.25) is 77.6 Å². The minimum Gasteiger partial charge on any atom is -0.478 e. The molecule has 172 valence electrons. The van der Waals surface area contributed by atoms with Crippen LogP contribution < -0.4 is 0 Å². The monoisotopic (exact) mass is 496 g/mol. The summed E-state index contributed by atoms with van der Waals surface area (Å²) in [6.07, 6.45) is 1.65. The van der Waals surface area contributed by atoms with Gasteiger partial charge in [-0.05, 0) is 78.4 Å².